The Morgan fingerprint density at radius 3 is 2.43 bits per heavy atom. The van der Waals surface area contributed by atoms with Crippen molar-refractivity contribution in [2.75, 3.05) is 7.11 Å². The van der Waals surface area contributed by atoms with Gasteiger partial charge in [0.25, 0.3) is 0 Å². The summed E-state index contributed by atoms with van der Waals surface area (Å²) in [7, 11) is 1.36. The molecule has 0 aliphatic carbocycles. The van der Waals surface area contributed by atoms with Gasteiger partial charge in [-0.2, -0.15) is 0 Å². The van der Waals surface area contributed by atoms with Crippen LogP contribution in [0.15, 0.2) is 42.6 Å². The second kappa shape index (κ2) is 5.50. The van der Waals surface area contributed by atoms with Crippen LogP contribution in [0, 0.1) is 0 Å². The van der Waals surface area contributed by atoms with Crippen molar-refractivity contribution in [3.63, 3.8) is 0 Å². The highest BCUT2D eigenvalue weighted by Crippen LogP contribution is 2.25. The summed E-state index contributed by atoms with van der Waals surface area (Å²) >= 11 is 0. The minimum absolute atomic E-state index is 0.100. The maximum Gasteiger partial charge on any atom is 0.341 e. The zero-order chi connectivity index (χ0) is 16.6. The average Bonchev–Trinajstić information content (AvgIpc) is 2.97. The molecule has 0 fully saturated rings. The summed E-state index contributed by atoms with van der Waals surface area (Å²) in [5, 5.41) is 4.45. The molecule has 3 rings (SSSR count). The average molecular weight is 309 g/mol. The smallest absolute Gasteiger partial charge is 0.341 e. The molecule has 3 aromatic rings. The summed E-state index contributed by atoms with van der Waals surface area (Å²) < 4.78 is 6.39. The van der Waals surface area contributed by atoms with Gasteiger partial charge in [0.05, 0.1) is 7.11 Å². The summed E-state index contributed by atoms with van der Waals surface area (Å²) in [6.07, 6.45) is 1.77. The fourth-order valence-corrected chi connectivity index (χ4v) is 2.42. The van der Waals surface area contributed by atoms with E-state index in [-0.39, 0.29) is 5.41 Å². The molecule has 0 amide bonds. The second-order valence-electron chi connectivity index (χ2n) is 6.44. The lowest BCUT2D eigenvalue weighted by Crippen LogP contribution is -2.10. The Balaban J connectivity index is 2.06. The number of hydrogen-bond donors (Lipinski definition) is 0. The predicted molar refractivity (Wildman–Crippen MR) is 88.5 cm³/mol. The highest BCUT2D eigenvalue weighted by molar-refractivity contribution is 5.95. The van der Waals surface area contributed by atoms with Crippen LogP contribution in [0.3, 0.4) is 0 Å². The van der Waals surface area contributed by atoms with E-state index >= 15 is 0 Å². The third kappa shape index (κ3) is 2.82. The first-order chi connectivity index (χ1) is 10.9. The molecular formula is C18H19N3O2. The van der Waals surface area contributed by atoms with Gasteiger partial charge in [-0.15, -0.1) is 5.10 Å². The first kappa shape index (κ1) is 15.2. The third-order valence-electron chi connectivity index (χ3n) is 3.78. The van der Waals surface area contributed by atoms with Crippen LogP contribution in [0.25, 0.3) is 17.0 Å². The van der Waals surface area contributed by atoms with Crippen LogP contribution >= 0.6 is 0 Å². The number of fused-ring (bicyclic) bond motifs is 1. The van der Waals surface area contributed by atoms with E-state index in [2.05, 4.69) is 43.0 Å². The molecule has 0 N–H and O–H groups in total. The monoisotopic (exact) mass is 309 g/mol. The first-order valence-corrected chi connectivity index (χ1v) is 7.45. The molecule has 1 aromatic carbocycles. The van der Waals surface area contributed by atoms with Crippen molar-refractivity contribution in [1.29, 1.82) is 0 Å². The predicted octanol–water partition coefficient (Wildman–Crippen LogP) is 3.48. The van der Waals surface area contributed by atoms with Crippen molar-refractivity contribution in [2.45, 2.75) is 26.2 Å². The Hall–Kier alpha value is -2.69. The van der Waals surface area contributed by atoms with Crippen LogP contribution in [-0.2, 0) is 10.2 Å². The van der Waals surface area contributed by atoms with Crippen molar-refractivity contribution >= 4 is 11.6 Å². The van der Waals surface area contributed by atoms with Crippen molar-refractivity contribution < 1.29 is 9.53 Å². The van der Waals surface area contributed by atoms with E-state index in [0.717, 1.165) is 5.56 Å². The lowest BCUT2D eigenvalue weighted by atomic mass is 9.87. The zero-order valence-corrected chi connectivity index (χ0v) is 13.7. The Labute approximate surface area is 134 Å². The molecule has 0 aliphatic rings. The summed E-state index contributed by atoms with van der Waals surface area (Å²) in [6.45, 7) is 6.52. The van der Waals surface area contributed by atoms with Crippen LogP contribution < -0.4 is 0 Å². The van der Waals surface area contributed by atoms with Crippen molar-refractivity contribution in [3.05, 3.63) is 53.7 Å². The van der Waals surface area contributed by atoms with E-state index in [0.29, 0.717) is 17.0 Å². The van der Waals surface area contributed by atoms with Gasteiger partial charge >= 0.3 is 5.97 Å². The van der Waals surface area contributed by atoms with Crippen LogP contribution in [0.4, 0.5) is 0 Å². The van der Waals surface area contributed by atoms with E-state index in [1.807, 2.05) is 12.1 Å². The van der Waals surface area contributed by atoms with Gasteiger partial charge in [-0.05, 0) is 23.1 Å². The maximum atomic E-state index is 11.8. The highest BCUT2D eigenvalue weighted by Gasteiger charge is 2.16. The molecule has 0 atom stereocenters. The Bertz CT molecular complexity index is 858. The minimum atomic E-state index is -0.419. The highest BCUT2D eigenvalue weighted by atomic mass is 16.5. The van der Waals surface area contributed by atoms with E-state index < -0.39 is 5.97 Å². The summed E-state index contributed by atoms with van der Waals surface area (Å²) in [5.41, 5.74) is 3.16. The van der Waals surface area contributed by atoms with Crippen LogP contribution in [0.5, 0.6) is 0 Å². The Morgan fingerprint density at radius 1 is 1.13 bits per heavy atom. The molecule has 0 aliphatic heterocycles. The topological polar surface area (TPSA) is 56.5 Å². The zero-order valence-electron chi connectivity index (χ0n) is 13.7. The molecule has 23 heavy (non-hydrogen) atoms. The largest absolute Gasteiger partial charge is 0.465 e. The Morgan fingerprint density at radius 2 is 1.83 bits per heavy atom. The Kier molecular flexibility index (Phi) is 3.64. The lowest BCUT2D eigenvalue weighted by molar-refractivity contribution is 0.0602. The van der Waals surface area contributed by atoms with Crippen LogP contribution in [0.2, 0.25) is 0 Å². The molecule has 0 spiro atoms. The molecular weight excluding hydrogens is 290 g/mol. The van der Waals surface area contributed by atoms with Crippen molar-refractivity contribution in [2.24, 2.45) is 0 Å². The maximum absolute atomic E-state index is 11.8. The number of esters is 1. The van der Waals surface area contributed by atoms with Gasteiger partial charge in [0.1, 0.15) is 5.56 Å². The van der Waals surface area contributed by atoms with Crippen LogP contribution in [0.1, 0.15) is 36.7 Å². The number of ether oxygens (including phenoxy) is 1. The molecule has 0 unspecified atom stereocenters. The number of pyridine rings is 1. The van der Waals surface area contributed by atoms with Gasteiger partial charge in [-0.3, -0.25) is 0 Å². The fraction of sp³-hybridized carbons (Fsp3) is 0.278. The molecule has 0 saturated heterocycles. The lowest BCUT2D eigenvalue weighted by Gasteiger charge is -2.18. The number of carbonyl (C=O) groups excluding carboxylic acids is 1. The molecule has 5 nitrogen and oxygen atoms in total. The van der Waals surface area contributed by atoms with E-state index in [4.69, 9.17) is 4.74 Å². The molecule has 2 aromatic heterocycles. The number of nitrogens with zero attached hydrogens (tertiary/aromatic N) is 3. The molecule has 0 radical (unpaired) electrons. The van der Waals surface area contributed by atoms with Gasteiger partial charge in [-0.1, -0.05) is 45.0 Å². The molecule has 5 heteroatoms. The summed E-state index contributed by atoms with van der Waals surface area (Å²) in [6, 6.07) is 11.6. The van der Waals surface area contributed by atoms with Gasteiger partial charge in [-0.25, -0.2) is 14.3 Å². The van der Waals surface area contributed by atoms with Gasteiger partial charge in [0, 0.05) is 11.8 Å². The summed E-state index contributed by atoms with van der Waals surface area (Å²) in [5.74, 6) is 0.166. The number of carbonyl (C=O) groups is 1. The number of benzene rings is 1. The standard InChI is InChI=1S/C18H19N3O2/c1-18(2,3)13-9-7-12(8-10-13)15-19-16-14(17(22)23-4)6-5-11-21(16)20-15/h5-11H,1-4H3. The molecule has 0 saturated carbocycles. The third-order valence-corrected chi connectivity index (χ3v) is 3.78. The number of rotatable bonds is 2. The number of hydrogen-bond acceptors (Lipinski definition) is 4. The number of aromatic nitrogens is 3. The molecule has 118 valence electrons. The second-order valence-corrected chi connectivity index (χ2v) is 6.44. The fourth-order valence-electron chi connectivity index (χ4n) is 2.42. The summed E-state index contributed by atoms with van der Waals surface area (Å²) in [4.78, 5) is 16.3. The van der Waals surface area contributed by atoms with Gasteiger partial charge < -0.3 is 4.74 Å². The van der Waals surface area contributed by atoms with E-state index in [1.54, 1.807) is 22.8 Å². The quantitative estimate of drug-likeness (QED) is 0.680. The van der Waals surface area contributed by atoms with Gasteiger partial charge in [0.2, 0.25) is 0 Å². The van der Waals surface area contributed by atoms with E-state index in [1.165, 1.54) is 12.7 Å². The number of methoxy groups -OCH3 is 1. The van der Waals surface area contributed by atoms with Gasteiger partial charge in [0.15, 0.2) is 11.5 Å². The van der Waals surface area contributed by atoms with E-state index in [9.17, 15) is 4.79 Å². The molecule has 0 bridgehead atoms. The minimum Gasteiger partial charge on any atom is -0.465 e. The normalized spacial score (nSPS) is 11.7. The first-order valence-electron chi connectivity index (χ1n) is 7.45. The van der Waals surface area contributed by atoms with Crippen molar-refractivity contribution in [3.8, 4) is 11.4 Å². The SMILES string of the molecule is COC(=O)c1cccn2nc(-c3ccc(C(C)(C)C)cc3)nc12. The molecule has 2 heterocycles. The van der Waals surface area contributed by atoms with Crippen molar-refractivity contribution in [1.82, 2.24) is 14.6 Å². The van der Waals surface area contributed by atoms with Crippen LogP contribution in [-0.4, -0.2) is 27.7 Å².